The standard InChI is InChI=1S/C16H14FN3O2S/c1-2-12(16(21)22)20-14-13-11(7-23-15(13)19-8-18-14)9-3-5-10(17)6-4-9/h3-8,12H,2H2,1H3,(H,21,22)(H,18,19,20). The molecule has 2 N–H and O–H groups in total. The molecule has 2 aromatic heterocycles. The van der Waals surface area contributed by atoms with E-state index in [0.717, 1.165) is 21.3 Å². The summed E-state index contributed by atoms with van der Waals surface area (Å²) in [5, 5.41) is 14.9. The molecule has 3 rings (SSSR count). The lowest BCUT2D eigenvalue weighted by Crippen LogP contribution is -2.28. The second kappa shape index (κ2) is 6.29. The first-order valence-electron chi connectivity index (χ1n) is 7.07. The van der Waals surface area contributed by atoms with Crippen LogP contribution in [0.4, 0.5) is 10.2 Å². The Labute approximate surface area is 135 Å². The maximum Gasteiger partial charge on any atom is 0.326 e. The molecule has 2 heterocycles. The molecule has 118 valence electrons. The van der Waals surface area contributed by atoms with Gasteiger partial charge in [-0.2, -0.15) is 0 Å². The van der Waals surface area contributed by atoms with E-state index in [-0.39, 0.29) is 5.82 Å². The van der Waals surface area contributed by atoms with Crippen molar-refractivity contribution < 1.29 is 14.3 Å². The van der Waals surface area contributed by atoms with Crippen molar-refractivity contribution in [2.24, 2.45) is 0 Å². The van der Waals surface area contributed by atoms with E-state index in [9.17, 15) is 14.3 Å². The Morgan fingerprint density at radius 2 is 2.09 bits per heavy atom. The number of anilines is 1. The molecule has 0 aliphatic carbocycles. The molecular weight excluding hydrogens is 317 g/mol. The van der Waals surface area contributed by atoms with Crippen LogP contribution in [0.25, 0.3) is 21.3 Å². The Kier molecular flexibility index (Phi) is 4.20. The van der Waals surface area contributed by atoms with Gasteiger partial charge in [0.1, 0.15) is 28.8 Å². The van der Waals surface area contributed by atoms with Crippen LogP contribution in [0, 0.1) is 5.82 Å². The van der Waals surface area contributed by atoms with E-state index in [1.54, 1.807) is 19.1 Å². The van der Waals surface area contributed by atoms with Crippen LogP contribution in [0.5, 0.6) is 0 Å². The number of nitrogens with zero attached hydrogens (tertiary/aromatic N) is 2. The zero-order valence-electron chi connectivity index (χ0n) is 12.3. The number of hydrogen-bond donors (Lipinski definition) is 2. The summed E-state index contributed by atoms with van der Waals surface area (Å²) in [5.74, 6) is -0.762. The SMILES string of the molecule is CCC(Nc1ncnc2scc(-c3ccc(F)cc3)c12)C(=O)O. The van der Waals surface area contributed by atoms with E-state index in [1.165, 1.54) is 29.8 Å². The van der Waals surface area contributed by atoms with Gasteiger partial charge in [-0.1, -0.05) is 19.1 Å². The number of aliphatic carboxylic acids is 1. The minimum atomic E-state index is -0.933. The van der Waals surface area contributed by atoms with Gasteiger partial charge in [0.25, 0.3) is 0 Å². The third-order valence-electron chi connectivity index (χ3n) is 3.54. The number of hydrogen-bond acceptors (Lipinski definition) is 5. The average Bonchev–Trinajstić information content (AvgIpc) is 2.98. The zero-order chi connectivity index (χ0) is 16.4. The highest BCUT2D eigenvalue weighted by Gasteiger charge is 2.19. The van der Waals surface area contributed by atoms with Crippen LogP contribution in [-0.4, -0.2) is 27.1 Å². The number of carbonyl (C=O) groups is 1. The van der Waals surface area contributed by atoms with Crippen LogP contribution in [0.2, 0.25) is 0 Å². The smallest absolute Gasteiger partial charge is 0.326 e. The first kappa shape index (κ1) is 15.4. The van der Waals surface area contributed by atoms with Gasteiger partial charge in [0.05, 0.1) is 5.39 Å². The number of carboxylic acids is 1. The number of rotatable bonds is 5. The number of aromatic nitrogens is 2. The molecule has 1 unspecified atom stereocenters. The molecule has 1 atom stereocenters. The fourth-order valence-corrected chi connectivity index (χ4v) is 3.25. The van der Waals surface area contributed by atoms with Crippen molar-refractivity contribution in [2.75, 3.05) is 5.32 Å². The molecular formula is C16H14FN3O2S. The summed E-state index contributed by atoms with van der Waals surface area (Å²) in [7, 11) is 0. The second-order valence-corrected chi connectivity index (χ2v) is 5.86. The molecule has 3 aromatic rings. The minimum Gasteiger partial charge on any atom is -0.480 e. The number of fused-ring (bicyclic) bond motifs is 1. The van der Waals surface area contributed by atoms with Gasteiger partial charge < -0.3 is 10.4 Å². The summed E-state index contributed by atoms with van der Waals surface area (Å²) in [5.41, 5.74) is 1.69. The Hall–Kier alpha value is -2.54. The molecule has 0 fully saturated rings. The van der Waals surface area contributed by atoms with Crippen LogP contribution in [-0.2, 0) is 4.79 Å². The van der Waals surface area contributed by atoms with Crippen LogP contribution < -0.4 is 5.32 Å². The third-order valence-corrected chi connectivity index (χ3v) is 4.43. The van der Waals surface area contributed by atoms with E-state index >= 15 is 0 Å². The van der Waals surface area contributed by atoms with Crippen molar-refractivity contribution in [3.05, 3.63) is 41.8 Å². The van der Waals surface area contributed by atoms with Gasteiger partial charge in [0.15, 0.2) is 0 Å². The largest absolute Gasteiger partial charge is 0.480 e. The van der Waals surface area contributed by atoms with Crippen LogP contribution in [0.3, 0.4) is 0 Å². The molecule has 0 aliphatic heterocycles. The fraction of sp³-hybridized carbons (Fsp3) is 0.188. The molecule has 5 nitrogen and oxygen atoms in total. The lowest BCUT2D eigenvalue weighted by atomic mass is 10.1. The average molecular weight is 331 g/mol. The highest BCUT2D eigenvalue weighted by molar-refractivity contribution is 7.17. The van der Waals surface area contributed by atoms with Crippen molar-refractivity contribution >= 4 is 33.3 Å². The third kappa shape index (κ3) is 3.00. The summed E-state index contributed by atoms with van der Waals surface area (Å²) in [6.07, 6.45) is 1.83. The van der Waals surface area contributed by atoms with Crippen molar-refractivity contribution in [1.29, 1.82) is 0 Å². The molecule has 0 radical (unpaired) electrons. The predicted octanol–water partition coefficient (Wildman–Crippen LogP) is 3.77. The number of benzene rings is 1. The maximum absolute atomic E-state index is 13.1. The first-order chi connectivity index (χ1) is 11.1. The van der Waals surface area contributed by atoms with Crippen molar-refractivity contribution in [1.82, 2.24) is 9.97 Å². The number of carboxylic acid groups (broad SMARTS) is 1. The quantitative estimate of drug-likeness (QED) is 0.744. The highest BCUT2D eigenvalue weighted by Crippen LogP contribution is 2.36. The zero-order valence-corrected chi connectivity index (χ0v) is 13.1. The number of nitrogens with one attached hydrogen (secondary N) is 1. The number of halogens is 1. The number of thiophene rings is 1. The topological polar surface area (TPSA) is 75.1 Å². The summed E-state index contributed by atoms with van der Waals surface area (Å²) in [6.45, 7) is 1.79. The predicted molar refractivity (Wildman–Crippen MR) is 88.1 cm³/mol. The fourth-order valence-electron chi connectivity index (χ4n) is 2.33. The first-order valence-corrected chi connectivity index (χ1v) is 7.95. The van der Waals surface area contributed by atoms with E-state index in [2.05, 4.69) is 15.3 Å². The summed E-state index contributed by atoms with van der Waals surface area (Å²) >= 11 is 1.44. The van der Waals surface area contributed by atoms with Gasteiger partial charge in [0, 0.05) is 10.9 Å². The van der Waals surface area contributed by atoms with Crippen molar-refractivity contribution in [3.63, 3.8) is 0 Å². The van der Waals surface area contributed by atoms with E-state index in [4.69, 9.17) is 0 Å². The monoisotopic (exact) mass is 331 g/mol. The molecule has 1 aromatic carbocycles. The van der Waals surface area contributed by atoms with Crippen molar-refractivity contribution in [3.8, 4) is 11.1 Å². The Morgan fingerprint density at radius 1 is 1.35 bits per heavy atom. The minimum absolute atomic E-state index is 0.306. The van der Waals surface area contributed by atoms with E-state index < -0.39 is 12.0 Å². The Morgan fingerprint density at radius 3 is 2.74 bits per heavy atom. The van der Waals surface area contributed by atoms with Gasteiger partial charge in [0.2, 0.25) is 0 Å². The second-order valence-electron chi connectivity index (χ2n) is 5.00. The lowest BCUT2D eigenvalue weighted by Gasteiger charge is -2.14. The van der Waals surface area contributed by atoms with Gasteiger partial charge in [-0.05, 0) is 24.1 Å². The summed E-state index contributed by atoms with van der Waals surface area (Å²) < 4.78 is 13.1. The molecule has 0 spiro atoms. The molecule has 23 heavy (non-hydrogen) atoms. The summed E-state index contributed by atoms with van der Waals surface area (Å²) in [6, 6.07) is 5.42. The molecule has 0 saturated carbocycles. The van der Waals surface area contributed by atoms with Crippen LogP contribution >= 0.6 is 11.3 Å². The molecule has 7 heteroatoms. The summed E-state index contributed by atoms with van der Waals surface area (Å²) in [4.78, 5) is 20.4. The maximum atomic E-state index is 13.1. The molecule has 0 saturated heterocycles. The molecule has 0 bridgehead atoms. The lowest BCUT2D eigenvalue weighted by molar-refractivity contribution is -0.137. The Balaban J connectivity index is 2.10. The Bertz CT molecular complexity index is 848. The van der Waals surface area contributed by atoms with Crippen molar-refractivity contribution in [2.45, 2.75) is 19.4 Å². The molecule has 0 amide bonds. The van der Waals surface area contributed by atoms with Gasteiger partial charge in [-0.15, -0.1) is 11.3 Å². The normalized spacial score (nSPS) is 12.3. The highest BCUT2D eigenvalue weighted by atomic mass is 32.1. The van der Waals surface area contributed by atoms with E-state index in [0.29, 0.717) is 12.2 Å². The van der Waals surface area contributed by atoms with Crippen LogP contribution in [0.15, 0.2) is 36.0 Å². The van der Waals surface area contributed by atoms with Crippen LogP contribution in [0.1, 0.15) is 13.3 Å². The molecule has 0 aliphatic rings. The van der Waals surface area contributed by atoms with E-state index in [1.807, 2.05) is 5.38 Å². The van der Waals surface area contributed by atoms with Gasteiger partial charge >= 0.3 is 5.97 Å². The van der Waals surface area contributed by atoms with Gasteiger partial charge in [-0.3, -0.25) is 0 Å². The van der Waals surface area contributed by atoms with Gasteiger partial charge in [-0.25, -0.2) is 19.2 Å².